The molecule has 0 aliphatic carbocycles. The summed E-state index contributed by atoms with van der Waals surface area (Å²) in [6.07, 6.45) is 3.83. The Balaban J connectivity index is 2.90. The van der Waals surface area contributed by atoms with Crippen LogP contribution in [0.3, 0.4) is 0 Å². The molecule has 0 aromatic heterocycles. The molecule has 0 heteroatoms. The summed E-state index contributed by atoms with van der Waals surface area (Å²) in [5.41, 5.74) is 4.47. The lowest BCUT2D eigenvalue weighted by atomic mass is 9.92. The van der Waals surface area contributed by atoms with Crippen LogP contribution >= 0.6 is 0 Å². The monoisotopic (exact) mass is 190 g/mol. The van der Waals surface area contributed by atoms with E-state index >= 15 is 0 Å². The SMILES string of the molecule is CCCCc1ccc(C)cc1C(C)C. The lowest BCUT2D eigenvalue weighted by Gasteiger charge is -2.13. The number of benzene rings is 1. The first kappa shape index (κ1) is 11.3. The lowest BCUT2D eigenvalue weighted by molar-refractivity contribution is 0.766. The summed E-state index contributed by atoms with van der Waals surface area (Å²) in [6, 6.07) is 6.88. The largest absolute Gasteiger partial charge is 0.0654 e. The van der Waals surface area contributed by atoms with Crippen molar-refractivity contribution in [2.24, 2.45) is 0 Å². The van der Waals surface area contributed by atoms with Gasteiger partial charge in [-0.2, -0.15) is 0 Å². The van der Waals surface area contributed by atoms with Gasteiger partial charge in [-0.1, -0.05) is 51.0 Å². The first-order valence-corrected chi connectivity index (χ1v) is 5.74. The quantitative estimate of drug-likeness (QED) is 0.657. The van der Waals surface area contributed by atoms with E-state index in [1.165, 1.54) is 24.8 Å². The summed E-state index contributed by atoms with van der Waals surface area (Å²) in [5.74, 6) is 0.654. The van der Waals surface area contributed by atoms with Gasteiger partial charge < -0.3 is 0 Å². The number of unbranched alkanes of at least 4 members (excludes halogenated alkanes) is 1. The topological polar surface area (TPSA) is 0 Å². The second kappa shape index (κ2) is 5.19. The van der Waals surface area contributed by atoms with E-state index in [4.69, 9.17) is 0 Å². The molecule has 0 aliphatic heterocycles. The van der Waals surface area contributed by atoms with Gasteiger partial charge >= 0.3 is 0 Å². The van der Waals surface area contributed by atoms with Gasteiger partial charge in [0.2, 0.25) is 0 Å². The average molecular weight is 190 g/mol. The molecule has 0 spiro atoms. The standard InChI is InChI=1S/C14H22/c1-5-6-7-13-9-8-12(4)10-14(13)11(2)3/h8-11H,5-7H2,1-4H3. The molecule has 0 aliphatic rings. The van der Waals surface area contributed by atoms with Crippen molar-refractivity contribution in [2.75, 3.05) is 0 Å². The van der Waals surface area contributed by atoms with Crippen molar-refractivity contribution in [2.45, 2.75) is 52.9 Å². The molecule has 0 bridgehead atoms. The molecule has 0 fully saturated rings. The van der Waals surface area contributed by atoms with Gasteiger partial charge in [0.25, 0.3) is 0 Å². The Morgan fingerprint density at radius 1 is 1.21 bits per heavy atom. The van der Waals surface area contributed by atoms with Crippen LogP contribution in [0.5, 0.6) is 0 Å². The summed E-state index contributed by atoms with van der Waals surface area (Å²) >= 11 is 0. The first-order chi connectivity index (χ1) is 6.65. The van der Waals surface area contributed by atoms with Gasteiger partial charge in [0.1, 0.15) is 0 Å². The molecule has 0 saturated heterocycles. The Labute approximate surface area is 88.4 Å². The van der Waals surface area contributed by atoms with E-state index in [-0.39, 0.29) is 0 Å². The van der Waals surface area contributed by atoms with E-state index in [9.17, 15) is 0 Å². The van der Waals surface area contributed by atoms with Gasteiger partial charge in [-0.05, 0) is 36.8 Å². The molecular weight excluding hydrogens is 168 g/mol. The molecule has 1 rings (SSSR count). The minimum absolute atomic E-state index is 0.654. The maximum Gasteiger partial charge on any atom is -0.0216 e. The lowest BCUT2D eigenvalue weighted by Crippen LogP contribution is -1.97. The highest BCUT2D eigenvalue weighted by Crippen LogP contribution is 2.22. The third-order valence-electron chi connectivity index (χ3n) is 2.72. The molecule has 14 heavy (non-hydrogen) atoms. The van der Waals surface area contributed by atoms with E-state index in [0.717, 1.165) is 0 Å². The van der Waals surface area contributed by atoms with E-state index < -0.39 is 0 Å². The highest BCUT2D eigenvalue weighted by molar-refractivity contribution is 5.33. The molecule has 0 amide bonds. The van der Waals surface area contributed by atoms with Crippen LogP contribution in [0.2, 0.25) is 0 Å². The Kier molecular flexibility index (Phi) is 4.19. The Hall–Kier alpha value is -0.780. The van der Waals surface area contributed by atoms with Crippen LogP contribution in [0.15, 0.2) is 18.2 Å². The predicted molar refractivity (Wildman–Crippen MR) is 63.9 cm³/mol. The minimum atomic E-state index is 0.654. The molecule has 1 aromatic rings. The first-order valence-electron chi connectivity index (χ1n) is 5.74. The molecule has 0 N–H and O–H groups in total. The zero-order chi connectivity index (χ0) is 10.6. The predicted octanol–water partition coefficient (Wildman–Crippen LogP) is 4.46. The highest BCUT2D eigenvalue weighted by Gasteiger charge is 2.05. The van der Waals surface area contributed by atoms with Crippen molar-refractivity contribution in [3.63, 3.8) is 0 Å². The third kappa shape index (κ3) is 2.87. The van der Waals surface area contributed by atoms with Gasteiger partial charge in [-0.3, -0.25) is 0 Å². The zero-order valence-corrected chi connectivity index (χ0v) is 9.93. The molecule has 0 saturated carbocycles. The number of hydrogen-bond donors (Lipinski definition) is 0. The highest BCUT2D eigenvalue weighted by atomic mass is 14.1. The average Bonchev–Trinajstić information content (AvgIpc) is 2.15. The number of rotatable bonds is 4. The fourth-order valence-corrected chi connectivity index (χ4v) is 1.85. The van der Waals surface area contributed by atoms with Gasteiger partial charge in [0.05, 0.1) is 0 Å². The maximum absolute atomic E-state index is 2.34. The fraction of sp³-hybridized carbons (Fsp3) is 0.571. The zero-order valence-electron chi connectivity index (χ0n) is 9.93. The molecule has 0 radical (unpaired) electrons. The Morgan fingerprint density at radius 3 is 2.50 bits per heavy atom. The van der Waals surface area contributed by atoms with Gasteiger partial charge in [-0.25, -0.2) is 0 Å². The summed E-state index contributed by atoms with van der Waals surface area (Å²) in [5, 5.41) is 0. The molecule has 0 nitrogen and oxygen atoms in total. The fourth-order valence-electron chi connectivity index (χ4n) is 1.85. The summed E-state index contributed by atoms with van der Waals surface area (Å²) in [6.45, 7) is 8.99. The van der Waals surface area contributed by atoms with Crippen LogP contribution in [0, 0.1) is 6.92 Å². The summed E-state index contributed by atoms with van der Waals surface area (Å²) in [4.78, 5) is 0. The second-order valence-electron chi connectivity index (χ2n) is 4.46. The molecule has 1 aromatic carbocycles. The van der Waals surface area contributed by atoms with Crippen LogP contribution in [0.4, 0.5) is 0 Å². The van der Waals surface area contributed by atoms with Crippen molar-refractivity contribution in [1.29, 1.82) is 0 Å². The summed E-state index contributed by atoms with van der Waals surface area (Å²) in [7, 11) is 0. The van der Waals surface area contributed by atoms with E-state index in [1.54, 1.807) is 11.1 Å². The maximum atomic E-state index is 2.34. The molecule has 0 atom stereocenters. The van der Waals surface area contributed by atoms with Crippen LogP contribution in [-0.2, 0) is 6.42 Å². The smallest absolute Gasteiger partial charge is 0.0216 e. The third-order valence-corrected chi connectivity index (χ3v) is 2.72. The minimum Gasteiger partial charge on any atom is -0.0654 e. The van der Waals surface area contributed by atoms with Gasteiger partial charge in [0.15, 0.2) is 0 Å². The van der Waals surface area contributed by atoms with Crippen LogP contribution in [0.25, 0.3) is 0 Å². The number of aryl methyl sites for hydroxylation is 2. The van der Waals surface area contributed by atoms with Gasteiger partial charge in [0, 0.05) is 0 Å². The van der Waals surface area contributed by atoms with E-state index in [1.807, 2.05) is 0 Å². The van der Waals surface area contributed by atoms with Crippen molar-refractivity contribution in [3.05, 3.63) is 34.9 Å². The van der Waals surface area contributed by atoms with Crippen molar-refractivity contribution in [1.82, 2.24) is 0 Å². The molecular formula is C14H22. The van der Waals surface area contributed by atoms with Crippen LogP contribution < -0.4 is 0 Å². The molecule has 78 valence electrons. The van der Waals surface area contributed by atoms with Crippen LogP contribution in [0.1, 0.15) is 56.2 Å². The van der Waals surface area contributed by atoms with Crippen molar-refractivity contribution in [3.8, 4) is 0 Å². The van der Waals surface area contributed by atoms with Crippen LogP contribution in [-0.4, -0.2) is 0 Å². The molecule has 0 heterocycles. The number of hydrogen-bond acceptors (Lipinski definition) is 0. The molecule has 0 unspecified atom stereocenters. The van der Waals surface area contributed by atoms with E-state index in [0.29, 0.717) is 5.92 Å². The van der Waals surface area contributed by atoms with E-state index in [2.05, 4.69) is 45.9 Å². The summed E-state index contributed by atoms with van der Waals surface area (Å²) < 4.78 is 0. The second-order valence-corrected chi connectivity index (χ2v) is 4.46. The van der Waals surface area contributed by atoms with Crippen molar-refractivity contribution >= 4 is 0 Å². The Bertz CT molecular complexity index is 284. The van der Waals surface area contributed by atoms with Crippen molar-refractivity contribution < 1.29 is 0 Å². The normalized spacial score (nSPS) is 10.9. The van der Waals surface area contributed by atoms with Gasteiger partial charge in [-0.15, -0.1) is 0 Å². The Morgan fingerprint density at radius 2 is 1.93 bits per heavy atom.